The van der Waals surface area contributed by atoms with E-state index >= 15 is 0 Å². The lowest BCUT2D eigenvalue weighted by atomic mass is 10.4. The van der Waals surface area contributed by atoms with Crippen LogP contribution in [0.25, 0.3) is 0 Å². The minimum absolute atomic E-state index is 0.178. The van der Waals surface area contributed by atoms with Crippen molar-refractivity contribution in [1.82, 2.24) is 20.8 Å². The van der Waals surface area contributed by atoms with Gasteiger partial charge < -0.3 is 0 Å². The second-order valence-corrected chi connectivity index (χ2v) is 3.13. The van der Waals surface area contributed by atoms with Crippen LogP contribution in [0.5, 0.6) is 0 Å². The third-order valence-electron chi connectivity index (χ3n) is 1.08. The Morgan fingerprint density at radius 2 is 2.23 bits per heavy atom. The Balaban J connectivity index is 2.54. The molecule has 0 aliphatic rings. The number of rotatable bonds is 1. The van der Waals surface area contributed by atoms with Crippen LogP contribution in [0.4, 0.5) is 0 Å². The van der Waals surface area contributed by atoms with Crippen LogP contribution in [0.2, 0.25) is 0 Å². The first-order chi connectivity index (χ1) is 6.20. The number of thiol groups is 1. The average molecular weight is 214 g/mol. The van der Waals surface area contributed by atoms with Gasteiger partial charge in [-0.05, 0) is 0 Å². The van der Waals surface area contributed by atoms with Gasteiger partial charge in [0.25, 0.3) is 5.91 Å². The highest BCUT2D eigenvalue weighted by Gasteiger charge is 2.04. The Labute approximate surface area is 85.3 Å². The smallest absolute Gasteiger partial charge is 0.283 e. The maximum atomic E-state index is 11.2. The van der Waals surface area contributed by atoms with Gasteiger partial charge in [0.1, 0.15) is 10.0 Å². The van der Waals surface area contributed by atoms with E-state index in [1.54, 1.807) is 0 Å². The van der Waals surface area contributed by atoms with Crippen LogP contribution >= 0.6 is 24.8 Å². The fourth-order valence-corrected chi connectivity index (χ4v) is 0.698. The molecule has 0 spiro atoms. The molecule has 0 unspecified atom stereocenters. The monoisotopic (exact) mass is 214 g/mol. The van der Waals surface area contributed by atoms with E-state index in [1.165, 1.54) is 18.6 Å². The van der Waals surface area contributed by atoms with Crippen molar-refractivity contribution in [2.45, 2.75) is 0 Å². The predicted molar refractivity (Wildman–Crippen MR) is 54.2 cm³/mol. The van der Waals surface area contributed by atoms with Crippen molar-refractivity contribution in [3.05, 3.63) is 24.3 Å². The average Bonchev–Trinajstić information content (AvgIpc) is 2.15. The minimum Gasteiger partial charge on any atom is -0.283 e. The molecule has 0 aromatic carbocycles. The molecule has 13 heavy (non-hydrogen) atoms. The zero-order valence-electron chi connectivity index (χ0n) is 6.39. The number of hydrogen-bond acceptors (Lipinski definition) is 4. The molecule has 0 saturated carbocycles. The molecule has 2 N–H and O–H groups in total. The van der Waals surface area contributed by atoms with E-state index < -0.39 is 5.91 Å². The molecule has 68 valence electrons. The first-order valence-corrected chi connectivity index (χ1v) is 4.11. The molecule has 1 heterocycles. The summed E-state index contributed by atoms with van der Waals surface area (Å²) >= 11 is 8.32. The normalized spacial score (nSPS) is 9.00. The summed E-state index contributed by atoms with van der Waals surface area (Å²) in [5.74, 6) is -0.412. The third kappa shape index (κ3) is 3.34. The lowest BCUT2D eigenvalue weighted by Gasteiger charge is -2.03. The Morgan fingerprint density at radius 1 is 1.46 bits per heavy atom. The van der Waals surface area contributed by atoms with E-state index in [4.69, 9.17) is 0 Å². The molecule has 1 aromatic rings. The van der Waals surface area contributed by atoms with E-state index in [0.29, 0.717) is 0 Å². The van der Waals surface area contributed by atoms with Gasteiger partial charge in [-0.15, -0.1) is 12.6 Å². The van der Waals surface area contributed by atoms with Crippen molar-refractivity contribution in [1.29, 1.82) is 0 Å². The van der Waals surface area contributed by atoms with Gasteiger partial charge in [-0.1, -0.05) is 12.2 Å². The summed E-state index contributed by atoms with van der Waals surface area (Å²) in [5, 5.41) is 0. The van der Waals surface area contributed by atoms with Crippen molar-refractivity contribution in [3.63, 3.8) is 0 Å². The van der Waals surface area contributed by atoms with Crippen LogP contribution in [0.3, 0.4) is 0 Å². The van der Waals surface area contributed by atoms with E-state index in [2.05, 4.69) is 45.7 Å². The summed E-state index contributed by atoms with van der Waals surface area (Å²) in [5.41, 5.74) is 4.87. The van der Waals surface area contributed by atoms with Crippen LogP contribution in [0.1, 0.15) is 10.5 Å². The van der Waals surface area contributed by atoms with E-state index in [0.717, 1.165) is 0 Å². The van der Waals surface area contributed by atoms with Gasteiger partial charge in [0.2, 0.25) is 0 Å². The number of aromatic nitrogens is 2. The minimum atomic E-state index is -0.412. The highest BCUT2D eigenvalue weighted by Crippen LogP contribution is 1.88. The van der Waals surface area contributed by atoms with Gasteiger partial charge in [0, 0.05) is 12.4 Å². The highest BCUT2D eigenvalue weighted by molar-refractivity contribution is 8.11. The summed E-state index contributed by atoms with van der Waals surface area (Å²) in [4.78, 5) is 18.7. The molecule has 7 heteroatoms. The fraction of sp³-hybridized carbons (Fsp3) is 0. The maximum absolute atomic E-state index is 11.2. The fourth-order valence-electron chi connectivity index (χ4n) is 0.591. The van der Waals surface area contributed by atoms with Gasteiger partial charge >= 0.3 is 0 Å². The Morgan fingerprint density at radius 3 is 2.77 bits per heavy atom. The number of carbonyl (C=O) groups excluding carboxylic acids is 1. The zero-order chi connectivity index (χ0) is 9.68. The Bertz CT molecular complexity index is 316. The van der Waals surface area contributed by atoms with Crippen LogP contribution in [-0.4, -0.2) is 20.2 Å². The molecule has 0 bridgehead atoms. The van der Waals surface area contributed by atoms with Crippen molar-refractivity contribution in [2.75, 3.05) is 0 Å². The predicted octanol–water partition coefficient (Wildman–Crippen LogP) is -0.0743. The van der Waals surface area contributed by atoms with Crippen LogP contribution < -0.4 is 10.9 Å². The largest absolute Gasteiger partial charge is 0.289 e. The second kappa shape index (κ2) is 4.73. The lowest BCUT2D eigenvalue weighted by Crippen LogP contribution is -2.39. The maximum Gasteiger partial charge on any atom is 0.289 e. The molecule has 0 aliphatic carbocycles. The standard InChI is InChI=1S/C6H6N4OS2/c11-5(9-10-6(12)13)4-3-7-1-2-8-4/h1-3H,(H,9,11)(H2,10,12,13). The van der Waals surface area contributed by atoms with Crippen molar-refractivity contribution < 1.29 is 4.79 Å². The quantitative estimate of drug-likeness (QED) is 0.347. The van der Waals surface area contributed by atoms with Crippen molar-refractivity contribution >= 4 is 35.1 Å². The molecule has 0 radical (unpaired) electrons. The van der Waals surface area contributed by atoms with Crippen LogP contribution in [0.15, 0.2) is 18.6 Å². The first-order valence-electron chi connectivity index (χ1n) is 3.25. The van der Waals surface area contributed by atoms with Gasteiger partial charge in [-0.2, -0.15) is 0 Å². The number of thiocarbonyl (C=S) groups is 1. The molecular weight excluding hydrogens is 208 g/mol. The molecule has 0 atom stereocenters. The number of hydrazine groups is 1. The van der Waals surface area contributed by atoms with Crippen LogP contribution in [0, 0.1) is 0 Å². The SMILES string of the molecule is O=C(NNC(=S)S)c1cnccn1. The van der Waals surface area contributed by atoms with E-state index in [1.807, 2.05) is 0 Å². The zero-order valence-corrected chi connectivity index (χ0v) is 8.10. The summed E-state index contributed by atoms with van der Waals surface area (Å²) in [6.07, 6.45) is 4.25. The third-order valence-corrected chi connectivity index (χ3v) is 1.29. The number of nitrogens with zero attached hydrogens (tertiary/aromatic N) is 2. The molecule has 0 aliphatic heterocycles. The Hall–Kier alpha value is -1.21. The molecule has 0 saturated heterocycles. The summed E-state index contributed by atoms with van der Waals surface area (Å²) in [7, 11) is 0. The molecule has 1 aromatic heterocycles. The number of hydrogen-bond donors (Lipinski definition) is 3. The number of amides is 1. The second-order valence-electron chi connectivity index (χ2n) is 1.97. The van der Waals surface area contributed by atoms with Crippen molar-refractivity contribution in [2.24, 2.45) is 0 Å². The molecule has 1 amide bonds. The molecule has 0 fully saturated rings. The first kappa shape index (κ1) is 9.87. The van der Waals surface area contributed by atoms with E-state index in [9.17, 15) is 4.79 Å². The van der Waals surface area contributed by atoms with Crippen molar-refractivity contribution in [3.8, 4) is 0 Å². The highest BCUT2D eigenvalue weighted by atomic mass is 32.1. The van der Waals surface area contributed by atoms with Crippen LogP contribution in [-0.2, 0) is 0 Å². The summed E-state index contributed by atoms with van der Waals surface area (Å²) in [6, 6.07) is 0. The molecule has 1 rings (SSSR count). The number of nitrogens with one attached hydrogen (secondary N) is 2. The van der Waals surface area contributed by atoms with Gasteiger partial charge in [-0.25, -0.2) is 4.98 Å². The Kier molecular flexibility index (Phi) is 3.59. The van der Waals surface area contributed by atoms with Gasteiger partial charge in [-0.3, -0.25) is 20.6 Å². The van der Waals surface area contributed by atoms with E-state index in [-0.39, 0.29) is 10.0 Å². The molecule has 5 nitrogen and oxygen atoms in total. The van der Waals surface area contributed by atoms with Gasteiger partial charge in [0.05, 0.1) is 6.20 Å². The summed E-state index contributed by atoms with van der Waals surface area (Å²) in [6.45, 7) is 0. The summed E-state index contributed by atoms with van der Waals surface area (Å²) < 4.78 is 0.178. The number of carbonyl (C=O) groups is 1. The topological polar surface area (TPSA) is 66.9 Å². The molecular formula is C6H6N4OS2. The van der Waals surface area contributed by atoms with Gasteiger partial charge in [0.15, 0.2) is 0 Å². The lowest BCUT2D eigenvalue weighted by molar-refractivity contribution is 0.0939.